The topological polar surface area (TPSA) is 58.6 Å². The molecular formula is C11H22N2O3S. The minimum atomic E-state index is -0.579. The second-order valence-electron chi connectivity index (χ2n) is 3.63. The van der Waals surface area contributed by atoms with E-state index in [0.29, 0.717) is 6.42 Å². The number of amides is 1. The summed E-state index contributed by atoms with van der Waals surface area (Å²) in [4.78, 5) is 24.9. The first-order valence-electron chi connectivity index (χ1n) is 5.79. The van der Waals surface area contributed by atoms with Gasteiger partial charge in [-0.25, -0.2) is 4.79 Å². The van der Waals surface area contributed by atoms with Crippen molar-refractivity contribution in [3.05, 3.63) is 0 Å². The van der Waals surface area contributed by atoms with E-state index in [1.54, 1.807) is 0 Å². The number of methoxy groups -OCH3 is 1. The molecule has 0 unspecified atom stereocenters. The van der Waals surface area contributed by atoms with Crippen LogP contribution in [0.5, 0.6) is 0 Å². The monoisotopic (exact) mass is 262 g/mol. The van der Waals surface area contributed by atoms with Crippen LogP contribution < -0.4 is 5.32 Å². The van der Waals surface area contributed by atoms with Crippen molar-refractivity contribution in [2.24, 2.45) is 0 Å². The smallest absolute Gasteiger partial charge is 0.407 e. The Morgan fingerprint density at radius 3 is 2.35 bits per heavy atom. The van der Waals surface area contributed by atoms with Gasteiger partial charge in [-0.1, -0.05) is 13.8 Å². The summed E-state index contributed by atoms with van der Waals surface area (Å²) in [6.07, 6.45) is 0.000537. The lowest BCUT2D eigenvalue weighted by molar-refractivity contribution is -0.118. The second-order valence-corrected chi connectivity index (χ2v) is 3.94. The first-order valence-corrected chi connectivity index (χ1v) is 6.42. The van der Waals surface area contributed by atoms with Crippen LogP contribution >= 0.6 is 12.6 Å². The minimum Gasteiger partial charge on any atom is -0.453 e. The number of nitrogens with one attached hydrogen (secondary N) is 1. The number of ketones is 1. The molecule has 0 saturated carbocycles. The number of carbonyl (C=O) groups is 2. The van der Waals surface area contributed by atoms with Gasteiger partial charge in [0, 0.05) is 6.54 Å². The largest absolute Gasteiger partial charge is 0.453 e. The van der Waals surface area contributed by atoms with Crippen LogP contribution in [-0.2, 0) is 9.53 Å². The third-order valence-electron chi connectivity index (χ3n) is 2.65. The normalized spacial score (nSPS) is 12.3. The molecule has 0 rings (SSSR count). The fourth-order valence-corrected chi connectivity index (χ4v) is 1.70. The molecule has 1 atom stereocenters. The zero-order valence-electron chi connectivity index (χ0n) is 10.7. The van der Waals surface area contributed by atoms with Gasteiger partial charge in [-0.2, -0.15) is 12.6 Å². The number of nitrogens with zero attached hydrogens (tertiary/aromatic N) is 1. The summed E-state index contributed by atoms with van der Waals surface area (Å²) >= 11 is 3.94. The minimum absolute atomic E-state index is 0.0918. The molecule has 0 spiro atoms. The van der Waals surface area contributed by atoms with Crippen molar-refractivity contribution in [3.8, 4) is 0 Å². The maximum absolute atomic E-state index is 11.6. The van der Waals surface area contributed by atoms with Gasteiger partial charge >= 0.3 is 6.09 Å². The van der Waals surface area contributed by atoms with Gasteiger partial charge in [0.2, 0.25) is 0 Å². The van der Waals surface area contributed by atoms with Crippen LogP contribution in [0.4, 0.5) is 4.79 Å². The van der Waals surface area contributed by atoms with Crippen LogP contribution in [-0.4, -0.2) is 55.3 Å². The van der Waals surface area contributed by atoms with Crippen LogP contribution in [0.3, 0.4) is 0 Å². The van der Waals surface area contributed by atoms with Gasteiger partial charge in [0.05, 0.1) is 18.9 Å². The molecule has 0 aliphatic carbocycles. The Hall–Kier alpha value is -0.750. The second kappa shape index (κ2) is 9.30. The highest BCUT2D eigenvalue weighted by atomic mass is 32.1. The maximum atomic E-state index is 11.6. The average molecular weight is 262 g/mol. The number of rotatable bonds is 8. The van der Waals surface area contributed by atoms with E-state index in [4.69, 9.17) is 0 Å². The predicted molar refractivity (Wildman–Crippen MR) is 70.6 cm³/mol. The van der Waals surface area contributed by atoms with E-state index >= 15 is 0 Å². The summed E-state index contributed by atoms with van der Waals surface area (Å²) in [6.45, 7) is 6.74. The van der Waals surface area contributed by atoms with Crippen LogP contribution in [0, 0.1) is 0 Å². The summed E-state index contributed by atoms with van der Waals surface area (Å²) in [5.74, 6) is 0.0262. The first-order chi connectivity index (χ1) is 8.08. The molecule has 0 saturated heterocycles. The van der Waals surface area contributed by atoms with Crippen molar-refractivity contribution in [1.29, 1.82) is 0 Å². The van der Waals surface area contributed by atoms with Crippen molar-refractivity contribution in [1.82, 2.24) is 10.2 Å². The Bertz CT molecular complexity index is 245. The fraction of sp³-hybridized carbons (Fsp3) is 0.818. The third kappa shape index (κ3) is 6.53. The zero-order chi connectivity index (χ0) is 13.3. The molecule has 0 aromatic rings. The molecule has 0 radical (unpaired) electrons. The Morgan fingerprint density at radius 2 is 1.94 bits per heavy atom. The number of carbonyl (C=O) groups excluding carboxylic acids is 2. The SMILES string of the molecule is CCN(CC)CC[C@@H](NC(=O)OC)C(=O)CS. The fourth-order valence-electron chi connectivity index (χ4n) is 1.48. The van der Waals surface area contributed by atoms with Gasteiger partial charge < -0.3 is 15.0 Å². The maximum Gasteiger partial charge on any atom is 0.407 e. The number of alkyl carbamates (subject to hydrolysis) is 1. The summed E-state index contributed by atoms with van der Waals surface area (Å²) < 4.78 is 4.49. The zero-order valence-corrected chi connectivity index (χ0v) is 11.6. The molecule has 0 heterocycles. The molecule has 1 N–H and O–H groups in total. The van der Waals surface area contributed by atoms with E-state index in [1.807, 2.05) is 0 Å². The average Bonchev–Trinajstić information content (AvgIpc) is 2.37. The Morgan fingerprint density at radius 1 is 1.35 bits per heavy atom. The van der Waals surface area contributed by atoms with Gasteiger partial charge in [0.15, 0.2) is 5.78 Å². The molecule has 5 nitrogen and oxygen atoms in total. The third-order valence-corrected chi connectivity index (χ3v) is 2.96. The lowest BCUT2D eigenvalue weighted by atomic mass is 10.1. The molecule has 0 fully saturated rings. The van der Waals surface area contributed by atoms with E-state index in [9.17, 15) is 9.59 Å². The van der Waals surface area contributed by atoms with Crippen LogP contribution in [0.2, 0.25) is 0 Å². The molecular weight excluding hydrogens is 240 g/mol. The van der Waals surface area contributed by atoms with Gasteiger partial charge in [0.1, 0.15) is 0 Å². The molecule has 1 amide bonds. The molecule has 100 valence electrons. The van der Waals surface area contributed by atoms with E-state index in [2.05, 4.69) is 41.4 Å². The highest BCUT2D eigenvalue weighted by Crippen LogP contribution is 2.00. The summed E-state index contributed by atoms with van der Waals surface area (Å²) in [5, 5.41) is 2.53. The molecule has 6 heteroatoms. The Balaban J connectivity index is 4.28. The molecule has 0 bridgehead atoms. The lowest BCUT2D eigenvalue weighted by Gasteiger charge is -2.22. The summed E-state index contributed by atoms with van der Waals surface area (Å²) in [7, 11) is 1.28. The Labute approximate surface area is 108 Å². The van der Waals surface area contributed by atoms with Gasteiger partial charge in [-0.05, 0) is 19.5 Å². The molecule has 17 heavy (non-hydrogen) atoms. The van der Waals surface area contributed by atoms with Crippen molar-refractivity contribution >= 4 is 24.5 Å². The molecule has 0 aliphatic heterocycles. The van der Waals surface area contributed by atoms with Crippen molar-refractivity contribution in [2.75, 3.05) is 32.5 Å². The van der Waals surface area contributed by atoms with Crippen LogP contribution in [0.1, 0.15) is 20.3 Å². The quantitative estimate of drug-likeness (QED) is 0.639. The lowest BCUT2D eigenvalue weighted by Crippen LogP contribution is -2.43. The number of thiol groups is 1. The van der Waals surface area contributed by atoms with Crippen molar-refractivity contribution in [3.63, 3.8) is 0 Å². The van der Waals surface area contributed by atoms with E-state index < -0.39 is 12.1 Å². The van der Waals surface area contributed by atoms with Crippen molar-refractivity contribution < 1.29 is 14.3 Å². The Kier molecular flexibility index (Phi) is 8.89. The van der Waals surface area contributed by atoms with E-state index in [1.165, 1.54) is 7.11 Å². The van der Waals surface area contributed by atoms with E-state index in [-0.39, 0.29) is 11.5 Å². The van der Waals surface area contributed by atoms with Crippen molar-refractivity contribution in [2.45, 2.75) is 26.3 Å². The summed E-state index contributed by atoms with van der Waals surface area (Å²) in [5.41, 5.74) is 0. The van der Waals surface area contributed by atoms with Gasteiger partial charge in [0.25, 0.3) is 0 Å². The number of ether oxygens (including phenoxy) is 1. The summed E-state index contributed by atoms with van der Waals surface area (Å²) in [6, 6.07) is -0.513. The predicted octanol–water partition coefficient (Wildman–Crippen LogP) is 0.942. The van der Waals surface area contributed by atoms with E-state index in [0.717, 1.165) is 19.6 Å². The highest BCUT2D eigenvalue weighted by molar-refractivity contribution is 7.81. The number of hydrogen-bond donors (Lipinski definition) is 2. The number of hydrogen-bond acceptors (Lipinski definition) is 5. The molecule has 0 aromatic heterocycles. The van der Waals surface area contributed by atoms with Gasteiger partial charge in [-0.3, -0.25) is 4.79 Å². The van der Waals surface area contributed by atoms with Crippen LogP contribution in [0.25, 0.3) is 0 Å². The highest BCUT2D eigenvalue weighted by Gasteiger charge is 2.20. The van der Waals surface area contributed by atoms with Gasteiger partial charge in [-0.15, -0.1) is 0 Å². The molecule has 0 aliphatic rings. The standard InChI is InChI=1S/C11H22N2O3S/c1-4-13(5-2)7-6-9(10(14)8-17)12-11(15)16-3/h9,17H,4-8H2,1-3H3,(H,12,15)/t9-/m1/s1. The number of Topliss-reactive ketones (excluding diaryl/α,β-unsaturated/α-hetero) is 1. The molecule has 0 aromatic carbocycles. The first kappa shape index (κ1) is 16.2. The van der Waals surface area contributed by atoms with Crippen LogP contribution in [0.15, 0.2) is 0 Å².